The van der Waals surface area contributed by atoms with Crippen LogP contribution in [0.25, 0.3) is 11.3 Å². The highest BCUT2D eigenvalue weighted by Crippen LogP contribution is 2.21. The third-order valence-electron chi connectivity index (χ3n) is 2.13. The molecule has 0 saturated carbocycles. The zero-order chi connectivity index (χ0) is 10.8. The summed E-state index contributed by atoms with van der Waals surface area (Å²) in [5, 5.41) is 3.72. The van der Waals surface area contributed by atoms with Gasteiger partial charge in [-0.25, -0.2) is 9.97 Å². The molecule has 0 aliphatic rings. The molecule has 2 N–H and O–H groups in total. The second kappa shape index (κ2) is 3.78. The maximum atomic E-state index is 5.55. The molecular weight excluding hydrogens is 192 g/mol. The molecule has 78 valence electrons. The lowest BCUT2D eigenvalue weighted by Crippen LogP contribution is -2.03. The van der Waals surface area contributed by atoms with Gasteiger partial charge < -0.3 is 10.3 Å². The molecule has 0 unspecified atom stereocenters. The van der Waals surface area contributed by atoms with Crippen LogP contribution in [-0.2, 0) is 6.54 Å². The number of hydrogen-bond acceptors (Lipinski definition) is 5. The molecule has 2 aromatic rings. The second-order valence-electron chi connectivity index (χ2n) is 3.29. The zero-order valence-corrected chi connectivity index (χ0v) is 8.69. The summed E-state index contributed by atoms with van der Waals surface area (Å²) < 4.78 is 4.99. The highest BCUT2D eigenvalue weighted by molar-refractivity contribution is 5.60. The van der Waals surface area contributed by atoms with Gasteiger partial charge in [0, 0.05) is 6.54 Å². The Morgan fingerprint density at radius 1 is 1.33 bits per heavy atom. The summed E-state index contributed by atoms with van der Waals surface area (Å²) >= 11 is 0. The molecule has 0 aromatic carbocycles. The summed E-state index contributed by atoms with van der Waals surface area (Å²) in [6.45, 7) is 4.09. The molecule has 0 bridgehead atoms. The quantitative estimate of drug-likeness (QED) is 0.795. The van der Waals surface area contributed by atoms with Crippen LogP contribution < -0.4 is 5.73 Å². The first kappa shape index (κ1) is 9.79. The van der Waals surface area contributed by atoms with Crippen molar-refractivity contribution in [2.24, 2.45) is 5.73 Å². The predicted molar refractivity (Wildman–Crippen MR) is 54.9 cm³/mol. The fourth-order valence-electron chi connectivity index (χ4n) is 1.42. The summed E-state index contributed by atoms with van der Waals surface area (Å²) in [4.78, 5) is 8.52. The molecule has 2 aromatic heterocycles. The Kier molecular flexibility index (Phi) is 2.47. The van der Waals surface area contributed by atoms with Crippen molar-refractivity contribution in [2.75, 3.05) is 0 Å². The van der Waals surface area contributed by atoms with Gasteiger partial charge in [0.15, 0.2) is 0 Å². The van der Waals surface area contributed by atoms with Crippen molar-refractivity contribution >= 4 is 0 Å². The zero-order valence-electron chi connectivity index (χ0n) is 8.69. The predicted octanol–water partition coefficient (Wildman–Crippen LogP) is 1.21. The van der Waals surface area contributed by atoms with Crippen LogP contribution in [0.15, 0.2) is 16.8 Å². The van der Waals surface area contributed by atoms with Crippen molar-refractivity contribution in [1.29, 1.82) is 0 Å². The van der Waals surface area contributed by atoms with E-state index in [9.17, 15) is 0 Å². The largest absolute Gasteiger partial charge is 0.361 e. The molecule has 0 spiro atoms. The molecule has 5 nitrogen and oxygen atoms in total. The summed E-state index contributed by atoms with van der Waals surface area (Å²) in [6.07, 6.45) is 1.65. The lowest BCUT2D eigenvalue weighted by Gasteiger charge is -2.02. The van der Waals surface area contributed by atoms with Crippen LogP contribution in [0.5, 0.6) is 0 Å². The SMILES string of the molecule is Cc1nc(CN)cc(-c2cnoc2C)n1. The van der Waals surface area contributed by atoms with Crippen LogP contribution in [-0.4, -0.2) is 15.1 Å². The first-order chi connectivity index (χ1) is 7.20. The van der Waals surface area contributed by atoms with Gasteiger partial charge in [0.1, 0.15) is 11.6 Å². The summed E-state index contributed by atoms with van der Waals surface area (Å²) in [5.41, 5.74) is 8.06. The molecular formula is C10H12N4O. The van der Waals surface area contributed by atoms with Gasteiger partial charge in [0.25, 0.3) is 0 Å². The Labute approximate surface area is 87.3 Å². The number of hydrogen-bond donors (Lipinski definition) is 1. The van der Waals surface area contributed by atoms with E-state index in [1.54, 1.807) is 6.20 Å². The number of rotatable bonds is 2. The van der Waals surface area contributed by atoms with E-state index >= 15 is 0 Å². The normalized spacial score (nSPS) is 10.6. The third kappa shape index (κ3) is 1.87. The van der Waals surface area contributed by atoms with Gasteiger partial charge in [-0.05, 0) is 19.9 Å². The molecule has 0 saturated heterocycles. The van der Waals surface area contributed by atoms with Gasteiger partial charge in [0.05, 0.1) is 23.1 Å². The fraction of sp³-hybridized carbons (Fsp3) is 0.300. The topological polar surface area (TPSA) is 77.8 Å². The molecule has 2 heterocycles. The van der Waals surface area contributed by atoms with Crippen LogP contribution >= 0.6 is 0 Å². The van der Waals surface area contributed by atoms with Crippen molar-refractivity contribution in [3.63, 3.8) is 0 Å². The van der Waals surface area contributed by atoms with Gasteiger partial charge >= 0.3 is 0 Å². The maximum Gasteiger partial charge on any atom is 0.143 e. The van der Waals surface area contributed by atoms with Gasteiger partial charge in [-0.3, -0.25) is 0 Å². The summed E-state index contributed by atoms with van der Waals surface area (Å²) in [7, 11) is 0. The van der Waals surface area contributed by atoms with E-state index in [-0.39, 0.29) is 0 Å². The maximum absolute atomic E-state index is 5.55. The molecule has 0 aliphatic carbocycles. The molecule has 0 amide bonds. The first-order valence-corrected chi connectivity index (χ1v) is 4.67. The van der Waals surface area contributed by atoms with Crippen LogP contribution in [0.1, 0.15) is 17.3 Å². The van der Waals surface area contributed by atoms with Crippen molar-refractivity contribution < 1.29 is 4.52 Å². The number of nitrogens with zero attached hydrogens (tertiary/aromatic N) is 3. The van der Waals surface area contributed by atoms with E-state index in [0.717, 1.165) is 22.7 Å². The van der Waals surface area contributed by atoms with Crippen LogP contribution in [0, 0.1) is 13.8 Å². The van der Waals surface area contributed by atoms with Crippen molar-refractivity contribution in [3.8, 4) is 11.3 Å². The number of nitrogens with two attached hydrogens (primary N) is 1. The molecule has 15 heavy (non-hydrogen) atoms. The number of aromatic nitrogens is 3. The van der Waals surface area contributed by atoms with Gasteiger partial charge in [-0.1, -0.05) is 5.16 Å². The van der Waals surface area contributed by atoms with Gasteiger partial charge in [-0.2, -0.15) is 0 Å². The Hall–Kier alpha value is -1.75. The van der Waals surface area contributed by atoms with E-state index in [1.165, 1.54) is 0 Å². The minimum atomic E-state index is 0.403. The lowest BCUT2D eigenvalue weighted by molar-refractivity contribution is 0.398. The Morgan fingerprint density at radius 3 is 2.73 bits per heavy atom. The molecule has 0 atom stereocenters. The van der Waals surface area contributed by atoms with Crippen molar-refractivity contribution in [3.05, 3.63) is 29.5 Å². The summed E-state index contributed by atoms with van der Waals surface area (Å²) in [5.74, 6) is 1.45. The van der Waals surface area contributed by atoms with E-state index in [1.807, 2.05) is 19.9 Å². The Morgan fingerprint density at radius 2 is 2.13 bits per heavy atom. The average Bonchev–Trinajstić information content (AvgIpc) is 2.63. The highest BCUT2D eigenvalue weighted by Gasteiger charge is 2.09. The summed E-state index contributed by atoms with van der Waals surface area (Å²) in [6, 6.07) is 1.85. The average molecular weight is 204 g/mol. The first-order valence-electron chi connectivity index (χ1n) is 4.67. The van der Waals surface area contributed by atoms with E-state index in [4.69, 9.17) is 10.3 Å². The Bertz CT molecular complexity index is 478. The van der Waals surface area contributed by atoms with E-state index in [2.05, 4.69) is 15.1 Å². The van der Waals surface area contributed by atoms with Crippen LogP contribution in [0.3, 0.4) is 0 Å². The standard InChI is InChI=1S/C10H12N4O/c1-6-9(5-12-15-6)10-3-8(4-11)13-7(2)14-10/h3,5H,4,11H2,1-2H3. The molecule has 5 heteroatoms. The monoisotopic (exact) mass is 204 g/mol. The second-order valence-corrected chi connectivity index (χ2v) is 3.29. The van der Waals surface area contributed by atoms with E-state index < -0.39 is 0 Å². The van der Waals surface area contributed by atoms with Crippen molar-refractivity contribution in [1.82, 2.24) is 15.1 Å². The molecule has 0 radical (unpaired) electrons. The third-order valence-corrected chi connectivity index (χ3v) is 2.13. The highest BCUT2D eigenvalue weighted by atomic mass is 16.5. The van der Waals surface area contributed by atoms with Crippen molar-refractivity contribution in [2.45, 2.75) is 20.4 Å². The van der Waals surface area contributed by atoms with Gasteiger partial charge in [-0.15, -0.1) is 0 Å². The minimum absolute atomic E-state index is 0.403. The lowest BCUT2D eigenvalue weighted by atomic mass is 10.2. The number of aryl methyl sites for hydroxylation is 2. The van der Waals surface area contributed by atoms with Crippen LogP contribution in [0.2, 0.25) is 0 Å². The van der Waals surface area contributed by atoms with E-state index in [0.29, 0.717) is 12.4 Å². The smallest absolute Gasteiger partial charge is 0.143 e. The minimum Gasteiger partial charge on any atom is -0.361 e. The van der Waals surface area contributed by atoms with Crippen LogP contribution in [0.4, 0.5) is 0 Å². The van der Waals surface area contributed by atoms with Gasteiger partial charge in [0.2, 0.25) is 0 Å². The Balaban J connectivity index is 2.53. The fourth-order valence-corrected chi connectivity index (χ4v) is 1.42. The molecule has 0 aliphatic heterocycles. The molecule has 2 rings (SSSR count). The molecule has 0 fully saturated rings.